The van der Waals surface area contributed by atoms with Gasteiger partial charge in [-0.25, -0.2) is 0 Å². The average Bonchev–Trinajstić information content (AvgIpc) is 2.85. The number of nitrogens with zero attached hydrogens (tertiary/aromatic N) is 2. The normalized spacial score (nSPS) is 21.1. The number of hydrogen-bond acceptors (Lipinski definition) is 3. The zero-order valence-corrected chi connectivity index (χ0v) is 14.1. The van der Waals surface area contributed by atoms with Gasteiger partial charge in [-0.2, -0.15) is 0 Å². The van der Waals surface area contributed by atoms with Crippen LogP contribution in [-0.2, 0) is 17.8 Å². The fraction of sp³-hybridized carbons (Fsp3) is 0.611. The van der Waals surface area contributed by atoms with Gasteiger partial charge in [-0.1, -0.05) is 18.2 Å². The Bertz CT molecular complexity index is 580. The number of rotatable bonds is 3. The predicted octanol–water partition coefficient (Wildman–Crippen LogP) is 2.49. The van der Waals surface area contributed by atoms with Gasteiger partial charge in [0.05, 0.1) is 12.1 Å². The molecule has 22 heavy (non-hydrogen) atoms. The Labute approximate surface area is 133 Å². The third-order valence-electron chi connectivity index (χ3n) is 4.73. The summed E-state index contributed by atoms with van der Waals surface area (Å²) in [6, 6.07) is 6.78. The van der Waals surface area contributed by atoms with Crippen molar-refractivity contribution in [1.82, 2.24) is 9.80 Å². The maximum Gasteiger partial charge on any atom is 0.237 e. The van der Waals surface area contributed by atoms with E-state index in [2.05, 4.69) is 56.1 Å². The van der Waals surface area contributed by atoms with Gasteiger partial charge in [-0.3, -0.25) is 9.69 Å². The maximum atomic E-state index is 12.6. The Hall–Kier alpha value is -1.55. The second-order valence-electron chi connectivity index (χ2n) is 7.44. The van der Waals surface area contributed by atoms with E-state index in [4.69, 9.17) is 0 Å². The molecule has 120 valence electrons. The number of carbonyl (C=O) groups excluding carboxylic acids is 1. The highest BCUT2D eigenvalue weighted by molar-refractivity contribution is 5.80. The zero-order valence-electron chi connectivity index (χ0n) is 14.1. The van der Waals surface area contributed by atoms with E-state index < -0.39 is 0 Å². The molecule has 0 aromatic heterocycles. The first-order valence-electron chi connectivity index (χ1n) is 8.27. The Morgan fingerprint density at radius 3 is 2.77 bits per heavy atom. The molecule has 1 N–H and O–H groups in total. The molecular weight excluding hydrogens is 274 g/mol. The van der Waals surface area contributed by atoms with Gasteiger partial charge in [0.25, 0.3) is 0 Å². The average molecular weight is 301 g/mol. The largest absolute Gasteiger partial charge is 0.384 e. The number of nitrogens with one attached hydrogen (secondary N) is 1. The lowest BCUT2D eigenvalue weighted by Crippen LogP contribution is -2.63. The maximum absolute atomic E-state index is 12.6. The minimum absolute atomic E-state index is 0.116. The molecule has 1 saturated heterocycles. The first-order valence-corrected chi connectivity index (χ1v) is 8.27. The summed E-state index contributed by atoms with van der Waals surface area (Å²) in [6.07, 6.45) is 1.11. The van der Waals surface area contributed by atoms with Crippen LogP contribution in [0, 0.1) is 0 Å². The van der Waals surface area contributed by atoms with Crippen LogP contribution in [0.3, 0.4) is 0 Å². The Balaban J connectivity index is 1.78. The van der Waals surface area contributed by atoms with E-state index in [9.17, 15) is 4.79 Å². The summed E-state index contributed by atoms with van der Waals surface area (Å²) in [5, 5.41) is 3.50. The van der Waals surface area contributed by atoms with Crippen molar-refractivity contribution in [2.24, 2.45) is 0 Å². The molecule has 0 bridgehead atoms. The molecule has 1 amide bonds. The second kappa shape index (κ2) is 5.58. The molecule has 0 unspecified atom stereocenters. The van der Waals surface area contributed by atoms with Crippen LogP contribution in [0.5, 0.6) is 0 Å². The lowest BCUT2D eigenvalue weighted by molar-refractivity contribution is -0.148. The van der Waals surface area contributed by atoms with Gasteiger partial charge in [-0.05, 0) is 45.2 Å². The lowest BCUT2D eigenvalue weighted by Gasteiger charge is -2.49. The molecule has 2 heterocycles. The Kier molecular flexibility index (Phi) is 3.89. The van der Waals surface area contributed by atoms with Crippen molar-refractivity contribution in [1.29, 1.82) is 0 Å². The minimum Gasteiger partial charge on any atom is -0.384 e. The summed E-state index contributed by atoms with van der Waals surface area (Å²) in [7, 11) is 0. The minimum atomic E-state index is -0.116. The molecule has 0 radical (unpaired) electrons. The molecule has 1 aromatic rings. The van der Waals surface area contributed by atoms with Gasteiger partial charge in [0.1, 0.15) is 0 Å². The van der Waals surface area contributed by atoms with Crippen LogP contribution in [0.15, 0.2) is 18.2 Å². The Morgan fingerprint density at radius 1 is 1.32 bits per heavy atom. The van der Waals surface area contributed by atoms with Gasteiger partial charge < -0.3 is 10.2 Å². The highest BCUT2D eigenvalue weighted by Crippen LogP contribution is 2.30. The number of benzene rings is 1. The number of para-hydroxylation sites is 1. The molecule has 2 aliphatic rings. The summed E-state index contributed by atoms with van der Waals surface area (Å²) in [5.41, 5.74) is 3.90. The first-order chi connectivity index (χ1) is 10.4. The third-order valence-corrected chi connectivity index (χ3v) is 4.73. The standard InChI is InChI=1S/C18H27N3O/c1-13(2)21-16(22)11-20(12-18(21,3)4)10-15-7-5-6-14-8-9-19-17(14)15/h5-7,13,19H,8-12H2,1-4H3. The molecule has 0 aliphatic carbocycles. The van der Waals surface area contributed by atoms with Crippen molar-refractivity contribution in [3.05, 3.63) is 29.3 Å². The van der Waals surface area contributed by atoms with Crippen LogP contribution in [0.1, 0.15) is 38.8 Å². The van der Waals surface area contributed by atoms with Crippen molar-refractivity contribution in [3.63, 3.8) is 0 Å². The monoisotopic (exact) mass is 301 g/mol. The van der Waals surface area contributed by atoms with E-state index in [-0.39, 0.29) is 17.5 Å². The predicted molar refractivity (Wildman–Crippen MR) is 90.0 cm³/mol. The second-order valence-corrected chi connectivity index (χ2v) is 7.44. The van der Waals surface area contributed by atoms with Gasteiger partial charge in [-0.15, -0.1) is 0 Å². The van der Waals surface area contributed by atoms with Crippen LogP contribution in [0.2, 0.25) is 0 Å². The number of fused-ring (bicyclic) bond motifs is 1. The van der Waals surface area contributed by atoms with E-state index in [0.29, 0.717) is 6.54 Å². The Morgan fingerprint density at radius 2 is 2.09 bits per heavy atom. The number of amides is 1. The van der Waals surface area contributed by atoms with Crippen LogP contribution in [0.4, 0.5) is 5.69 Å². The summed E-state index contributed by atoms with van der Waals surface area (Å²) in [6.45, 7) is 11.9. The summed E-state index contributed by atoms with van der Waals surface area (Å²) < 4.78 is 0. The van der Waals surface area contributed by atoms with E-state index in [1.165, 1.54) is 16.8 Å². The van der Waals surface area contributed by atoms with Crippen LogP contribution in [-0.4, -0.2) is 46.9 Å². The summed E-state index contributed by atoms with van der Waals surface area (Å²) in [5.74, 6) is 0.242. The molecule has 3 rings (SSSR count). The van der Waals surface area contributed by atoms with Crippen molar-refractivity contribution >= 4 is 11.6 Å². The number of carbonyl (C=O) groups is 1. The molecule has 0 spiro atoms. The summed E-state index contributed by atoms with van der Waals surface area (Å²) >= 11 is 0. The molecule has 1 fully saturated rings. The molecule has 4 nitrogen and oxygen atoms in total. The van der Waals surface area contributed by atoms with Crippen LogP contribution >= 0.6 is 0 Å². The highest BCUT2D eigenvalue weighted by atomic mass is 16.2. The van der Waals surface area contributed by atoms with Gasteiger partial charge in [0, 0.05) is 31.4 Å². The van der Waals surface area contributed by atoms with E-state index in [0.717, 1.165) is 26.1 Å². The molecule has 0 saturated carbocycles. The van der Waals surface area contributed by atoms with Gasteiger partial charge in [0.2, 0.25) is 5.91 Å². The fourth-order valence-corrected chi connectivity index (χ4v) is 4.17. The summed E-state index contributed by atoms with van der Waals surface area (Å²) in [4.78, 5) is 16.9. The van der Waals surface area contributed by atoms with Gasteiger partial charge >= 0.3 is 0 Å². The molecule has 1 aromatic carbocycles. The smallest absolute Gasteiger partial charge is 0.237 e. The number of hydrogen-bond donors (Lipinski definition) is 1. The van der Waals surface area contributed by atoms with Crippen molar-refractivity contribution in [3.8, 4) is 0 Å². The highest BCUT2D eigenvalue weighted by Gasteiger charge is 2.39. The van der Waals surface area contributed by atoms with Crippen molar-refractivity contribution in [2.45, 2.75) is 52.2 Å². The fourth-order valence-electron chi connectivity index (χ4n) is 4.17. The quantitative estimate of drug-likeness (QED) is 0.931. The van der Waals surface area contributed by atoms with E-state index in [1.807, 2.05) is 4.90 Å². The van der Waals surface area contributed by atoms with Crippen molar-refractivity contribution in [2.75, 3.05) is 25.0 Å². The van der Waals surface area contributed by atoms with E-state index >= 15 is 0 Å². The molecule has 2 aliphatic heterocycles. The van der Waals surface area contributed by atoms with Crippen LogP contribution < -0.4 is 5.32 Å². The first kappa shape index (κ1) is 15.3. The third kappa shape index (κ3) is 2.72. The lowest BCUT2D eigenvalue weighted by atomic mass is 9.95. The van der Waals surface area contributed by atoms with Crippen molar-refractivity contribution < 1.29 is 4.79 Å². The molecular formula is C18H27N3O. The van der Waals surface area contributed by atoms with E-state index in [1.54, 1.807) is 0 Å². The molecule has 4 heteroatoms. The van der Waals surface area contributed by atoms with Crippen LogP contribution in [0.25, 0.3) is 0 Å². The molecule has 0 atom stereocenters. The topological polar surface area (TPSA) is 35.6 Å². The SMILES string of the molecule is CC(C)N1C(=O)CN(Cc2cccc3c2NCC3)CC1(C)C. The zero-order chi connectivity index (χ0) is 15.9. The van der Waals surface area contributed by atoms with Gasteiger partial charge in [0.15, 0.2) is 0 Å². The number of anilines is 1. The number of piperazine rings is 1.